The molecule has 5 heteroatoms. The van der Waals surface area contributed by atoms with Crippen molar-refractivity contribution in [3.05, 3.63) is 35.1 Å². The van der Waals surface area contributed by atoms with Gasteiger partial charge in [0.15, 0.2) is 0 Å². The Labute approximate surface area is 143 Å². The predicted molar refractivity (Wildman–Crippen MR) is 91.3 cm³/mol. The maximum Gasteiger partial charge on any atom is 0.319 e. The first-order valence-electron chi connectivity index (χ1n) is 9.05. The van der Waals surface area contributed by atoms with E-state index in [0.717, 1.165) is 44.5 Å². The fraction of sp³-hybridized carbons (Fsp3) is 0.632. The van der Waals surface area contributed by atoms with Crippen LogP contribution in [0.1, 0.15) is 36.4 Å². The second-order valence-corrected chi connectivity index (χ2v) is 7.68. The lowest BCUT2D eigenvalue weighted by atomic mass is 9.76. The molecule has 0 spiro atoms. The Kier molecular flexibility index (Phi) is 3.99. The van der Waals surface area contributed by atoms with E-state index in [4.69, 9.17) is 0 Å². The Bertz CT molecular complexity index is 647. The molecule has 0 saturated carbocycles. The molecule has 1 aromatic carbocycles. The maximum atomic E-state index is 13.6. The van der Waals surface area contributed by atoms with Gasteiger partial charge in [-0.25, -0.2) is 9.18 Å². The summed E-state index contributed by atoms with van der Waals surface area (Å²) in [6.45, 7) is 2.93. The lowest BCUT2D eigenvalue weighted by Gasteiger charge is -2.52. The van der Waals surface area contributed by atoms with E-state index in [1.165, 1.54) is 12.0 Å². The van der Waals surface area contributed by atoms with Crippen LogP contribution >= 0.6 is 0 Å². The lowest BCUT2D eigenvalue weighted by Crippen LogP contribution is -2.59. The Balaban J connectivity index is 1.63. The number of piperidine rings is 2. The fourth-order valence-electron chi connectivity index (χ4n) is 4.92. The summed E-state index contributed by atoms with van der Waals surface area (Å²) in [7, 11) is 3.67. The quantitative estimate of drug-likeness (QED) is 0.731. The van der Waals surface area contributed by atoms with Gasteiger partial charge in [-0.15, -0.1) is 0 Å². The number of carbonyl (C=O) groups is 1. The summed E-state index contributed by atoms with van der Waals surface area (Å²) in [5.41, 5.74) is 2.42. The average molecular weight is 331 g/mol. The SMILES string of the molecule is CN(C)C(=O)N1CCCC2CN3CCc4cc(F)ccc4C3CC21. The van der Waals surface area contributed by atoms with Crippen molar-refractivity contribution < 1.29 is 9.18 Å². The monoisotopic (exact) mass is 331 g/mol. The summed E-state index contributed by atoms with van der Waals surface area (Å²) in [5, 5.41) is 0. The minimum Gasteiger partial charge on any atom is -0.331 e. The number of amides is 2. The molecule has 3 atom stereocenters. The van der Waals surface area contributed by atoms with Crippen LogP contribution in [0.15, 0.2) is 18.2 Å². The number of hydrogen-bond acceptors (Lipinski definition) is 2. The molecule has 24 heavy (non-hydrogen) atoms. The first kappa shape index (κ1) is 15.9. The van der Waals surface area contributed by atoms with Crippen molar-refractivity contribution in [1.82, 2.24) is 14.7 Å². The molecule has 3 aliphatic heterocycles. The highest BCUT2D eigenvalue weighted by atomic mass is 19.1. The van der Waals surface area contributed by atoms with E-state index in [2.05, 4.69) is 9.80 Å². The van der Waals surface area contributed by atoms with E-state index in [9.17, 15) is 9.18 Å². The number of carbonyl (C=O) groups excluding carboxylic acids is 1. The van der Waals surface area contributed by atoms with Crippen LogP contribution < -0.4 is 0 Å². The van der Waals surface area contributed by atoms with Crippen molar-refractivity contribution in [3.8, 4) is 0 Å². The molecule has 130 valence electrons. The molecule has 0 aliphatic carbocycles. The molecule has 0 bridgehead atoms. The van der Waals surface area contributed by atoms with Crippen molar-refractivity contribution in [2.75, 3.05) is 33.7 Å². The number of benzene rings is 1. The van der Waals surface area contributed by atoms with Gasteiger partial charge in [-0.05, 0) is 54.9 Å². The van der Waals surface area contributed by atoms with Crippen molar-refractivity contribution in [3.63, 3.8) is 0 Å². The third kappa shape index (κ3) is 2.59. The van der Waals surface area contributed by atoms with Gasteiger partial charge in [0.2, 0.25) is 0 Å². The van der Waals surface area contributed by atoms with Crippen LogP contribution in [0.4, 0.5) is 9.18 Å². The van der Waals surface area contributed by atoms with Crippen molar-refractivity contribution in [2.24, 2.45) is 5.92 Å². The van der Waals surface area contributed by atoms with Crippen LogP contribution in [0.2, 0.25) is 0 Å². The zero-order valence-electron chi connectivity index (χ0n) is 14.5. The molecule has 2 amide bonds. The molecular formula is C19H26FN3O. The van der Waals surface area contributed by atoms with Gasteiger partial charge < -0.3 is 9.80 Å². The highest BCUT2D eigenvalue weighted by Crippen LogP contribution is 2.43. The summed E-state index contributed by atoms with van der Waals surface area (Å²) in [5.74, 6) is 0.430. The molecule has 2 saturated heterocycles. The molecule has 1 aromatic rings. The molecule has 0 radical (unpaired) electrons. The van der Waals surface area contributed by atoms with Crippen LogP contribution in [-0.2, 0) is 6.42 Å². The number of fused-ring (bicyclic) bond motifs is 4. The molecule has 4 nitrogen and oxygen atoms in total. The molecule has 4 rings (SSSR count). The Hall–Kier alpha value is -1.62. The van der Waals surface area contributed by atoms with Crippen LogP contribution in [0, 0.1) is 11.7 Å². The number of hydrogen-bond donors (Lipinski definition) is 0. The van der Waals surface area contributed by atoms with E-state index in [1.807, 2.05) is 20.2 Å². The molecule has 3 aliphatic rings. The first-order chi connectivity index (χ1) is 11.5. The number of halogens is 1. The highest BCUT2D eigenvalue weighted by Gasteiger charge is 2.44. The van der Waals surface area contributed by atoms with E-state index < -0.39 is 0 Å². The van der Waals surface area contributed by atoms with E-state index in [1.54, 1.807) is 17.0 Å². The second kappa shape index (κ2) is 6.03. The third-order valence-electron chi connectivity index (χ3n) is 6.05. The standard InChI is InChI=1S/C19H26FN3O/c1-21(2)19(24)23-8-3-4-14-12-22-9-7-13-10-15(20)5-6-16(13)18(22)11-17(14)23/h5-6,10,14,17-18H,3-4,7-9,11-12H2,1-2H3. The van der Waals surface area contributed by atoms with Gasteiger partial charge in [-0.3, -0.25) is 4.90 Å². The molecule has 2 fully saturated rings. The van der Waals surface area contributed by atoms with Gasteiger partial charge in [0.25, 0.3) is 0 Å². The smallest absolute Gasteiger partial charge is 0.319 e. The molecule has 3 unspecified atom stereocenters. The van der Waals surface area contributed by atoms with Gasteiger partial charge in [-0.2, -0.15) is 0 Å². The summed E-state index contributed by atoms with van der Waals surface area (Å²) in [6, 6.07) is 6.01. The Morgan fingerprint density at radius 3 is 2.92 bits per heavy atom. The minimum atomic E-state index is -0.141. The largest absolute Gasteiger partial charge is 0.331 e. The lowest BCUT2D eigenvalue weighted by molar-refractivity contribution is 0.00106. The molecule has 0 aromatic heterocycles. The topological polar surface area (TPSA) is 26.8 Å². The van der Waals surface area contributed by atoms with E-state index in [0.29, 0.717) is 18.0 Å². The van der Waals surface area contributed by atoms with Crippen molar-refractivity contribution in [2.45, 2.75) is 37.8 Å². The Morgan fingerprint density at radius 2 is 2.12 bits per heavy atom. The molecule has 3 heterocycles. The summed E-state index contributed by atoms with van der Waals surface area (Å²) < 4.78 is 13.6. The maximum absolute atomic E-state index is 13.6. The summed E-state index contributed by atoms with van der Waals surface area (Å²) in [6.07, 6.45) is 4.21. The molecular weight excluding hydrogens is 305 g/mol. The van der Waals surface area contributed by atoms with Crippen molar-refractivity contribution >= 4 is 6.03 Å². The summed E-state index contributed by atoms with van der Waals surface area (Å²) in [4.78, 5) is 18.9. The highest BCUT2D eigenvalue weighted by molar-refractivity contribution is 5.74. The minimum absolute atomic E-state index is 0.133. The number of nitrogens with zero attached hydrogens (tertiary/aromatic N) is 3. The Morgan fingerprint density at radius 1 is 1.29 bits per heavy atom. The van der Waals surface area contributed by atoms with Crippen LogP contribution in [0.5, 0.6) is 0 Å². The van der Waals surface area contributed by atoms with Gasteiger partial charge >= 0.3 is 6.03 Å². The van der Waals surface area contributed by atoms with Crippen LogP contribution in [-0.4, -0.2) is 60.5 Å². The zero-order chi connectivity index (χ0) is 16.8. The average Bonchev–Trinajstić information content (AvgIpc) is 2.58. The van der Waals surface area contributed by atoms with Gasteiger partial charge in [-0.1, -0.05) is 6.07 Å². The molecule has 0 N–H and O–H groups in total. The van der Waals surface area contributed by atoms with Crippen molar-refractivity contribution in [1.29, 1.82) is 0 Å². The van der Waals surface area contributed by atoms with Crippen LogP contribution in [0.25, 0.3) is 0 Å². The van der Waals surface area contributed by atoms with E-state index >= 15 is 0 Å². The number of rotatable bonds is 0. The first-order valence-corrected chi connectivity index (χ1v) is 9.05. The predicted octanol–water partition coefficient (Wildman–Crippen LogP) is 2.89. The van der Waals surface area contributed by atoms with Gasteiger partial charge in [0, 0.05) is 45.8 Å². The third-order valence-corrected chi connectivity index (χ3v) is 6.05. The van der Waals surface area contributed by atoms with Crippen LogP contribution in [0.3, 0.4) is 0 Å². The normalized spacial score (nSPS) is 29.5. The zero-order valence-corrected chi connectivity index (χ0v) is 14.5. The summed E-state index contributed by atoms with van der Waals surface area (Å²) >= 11 is 0. The van der Waals surface area contributed by atoms with E-state index in [-0.39, 0.29) is 11.8 Å². The second-order valence-electron chi connectivity index (χ2n) is 7.68. The number of likely N-dealkylation sites (tertiary alicyclic amines) is 1. The van der Waals surface area contributed by atoms with Gasteiger partial charge in [0.05, 0.1) is 0 Å². The number of urea groups is 1. The fourth-order valence-corrected chi connectivity index (χ4v) is 4.92. The van der Waals surface area contributed by atoms with Gasteiger partial charge in [0.1, 0.15) is 5.82 Å².